The van der Waals surface area contributed by atoms with Gasteiger partial charge in [0.25, 0.3) is 0 Å². The molecule has 92 valence electrons. The van der Waals surface area contributed by atoms with E-state index in [1.807, 2.05) is 0 Å². The summed E-state index contributed by atoms with van der Waals surface area (Å²) in [5, 5.41) is 0. The molecule has 1 saturated carbocycles. The molecule has 4 atom stereocenters. The molecule has 0 aromatic heterocycles. The first-order chi connectivity index (χ1) is 8.90. The van der Waals surface area contributed by atoms with Crippen molar-refractivity contribution < 1.29 is 0 Å². The summed E-state index contributed by atoms with van der Waals surface area (Å²) in [7, 11) is 0. The van der Waals surface area contributed by atoms with Gasteiger partial charge in [0.05, 0.1) is 0 Å². The monoisotopic (exact) mass is 236 g/mol. The normalized spacial score (nSPS) is 35.8. The van der Waals surface area contributed by atoms with E-state index >= 15 is 0 Å². The first kappa shape index (κ1) is 10.6. The second-order valence-corrected chi connectivity index (χ2v) is 6.05. The van der Waals surface area contributed by atoms with Gasteiger partial charge in [-0.3, -0.25) is 0 Å². The third-order valence-electron chi connectivity index (χ3n) is 5.15. The molecular formula is C18H20. The van der Waals surface area contributed by atoms with Crippen molar-refractivity contribution in [2.75, 3.05) is 0 Å². The standard InChI is InChI=1S/C18H20/c1-2-6-15-16(12-7-4-3-5-8-12)18-14-10-9-13(11-14)17(15)18/h3-5,7-10,13-14,17-18H,2,6,11H2,1H3. The number of rotatable bonds is 3. The Morgan fingerprint density at radius 3 is 2.44 bits per heavy atom. The SMILES string of the molecule is CCCC1=C(c2ccccc2)C2C3C=CC(C3)C12. The maximum atomic E-state index is 2.49. The predicted octanol–water partition coefficient (Wildman–Crippen LogP) is 4.69. The van der Waals surface area contributed by atoms with E-state index < -0.39 is 0 Å². The lowest BCUT2D eigenvalue weighted by Crippen LogP contribution is -2.33. The highest BCUT2D eigenvalue weighted by molar-refractivity contribution is 5.79. The minimum atomic E-state index is 0.843. The fourth-order valence-corrected chi connectivity index (χ4v) is 4.55. The summed E-state index contributed by atoms with van der Waals surface area (Å²) < 4.78 is 0. The minimum Gasteiger partial charge on any atom is -0.0845 e. The Labute approximate surface area is 109 Å². The number of hydrogen-bond donors (Lipinski definition) is 0. The van der Waals surface area contributed by atoms with Gasteiger partial charge >= 0.3 is 0 Å². The fourth-order valence-electron chi connectivity index (χ4n) is 4.55. The van der Waals surface area contributed by atoms with Crippen LogP contribution in [-0.2, 0) is 0 Å². The van der Waals surface area contributed by atoms with Crippen molar-refractivity contribution in [2.24, 2.45) is 23.7 Å². The highest BCUT2D eigenvalue weighted by Crippen LogP contribution is 2.64. The van der Waals surface area contributed by atoms with E-state index in [0.717, 1.165) is 23.7 Å². The van der Waals surface area contributed by atoms with Gasteiger partial charge in [-0.25, -0.2) is 0 Å². The van der Waals surface area contributed by atoms with Crippen LogP contribution in [0, 0.1) is 23.7 Å². The van der Waals surface area contributed by atoms with Gasteiger partial charge in [-0.1, -0.05) is 61.4 Å². The van der Waals surface area contributed by atoms with Crippen LogP contribution in [0.3, 0.4) is 0 Å². The van der Waals surface area contributed by atoms with E-state index in [4.69, 9.17) is 0 Å². The molecule has 3 aliphatic carbocycles. The number of hydrogen-bond acceptors (Lipinski definition) is 0. The molecule has 0 radical (unpaired) electrons. The summed E-state index contributed by atoms with van der Waals surface area (Å²) >= 11 is 0. The van der Waals surface area contributed by atoms with Gasteiger partial charge in [0.1, 0.15) is 0 Å². The second kappa shape index (κ2) is 3.85. The summed E-state index contributed by atoms with van der Waals surface area (Å²) in [6.45, 7) is 2.31. The van der Waals surface area contributed by atoms with Crippen molar-refractivity contribution in [3.8, 4) is 0 Å². The van der Waals surface area contributed by atoms with Gasteiger partial charge in [-0.15, -0.1) is 0 Å². The Kier molecular flexibility index (Phi) is 2.27. The van der Waals surface area contributed by atoms with E-state index in [1.54, 1.807) is 11.1 Å². The molecule has 1 fully saturated rings. The summed E-state index contributed by atoms with van der Waals surface area (Å²) in [4.78, 5) is 0. The minimum absolute atomic E-state index is 0.843. The second-order valence-electron chi connectivity index (χ2n) is 6.05. The Hall–Kier alpha value is -1.30. The topological polar surface area (TPSA) is 0 Å². The van der Waals surface area contributed by atoms with Crippen LogP contribution in [0.1, 0.15) is 31.7 Å². The third-order valence-corrected chi connectivity index (χ3v) is 5.15. The number of allylic oxidation sites excluding steroid dienone is 4. The lowest BCUT2D eigenvalue weighted by molar-refractivity contribution is 0.376. The van der Waals surface area contributed by atoms with Crippen molar-refractivity contribution in [2.45, 2.75) is 26.2 Å². The molecule has 0 nitrogen and oxygen atoms in total. The lowest BCUT2D eigenvalue weighted by atomic mass is 9.60. The van der Waals surface area contributed by atoms with Crippen LogP contribution in [0.15, 0.2) is 48.1 Å². The molecular weight excluding hydrogens is 216 g/mol. The Bertz CT molecular complexity index is 520. The van der Waals surface area contributed by atoms with E-state index in [0.29, 0.717) is 0 Å². The molecule has 0 heteroatoms. The molecule has 0 spiro atoms. The molecule has 0 aliphatic heterocycles. The summed E-state index contributed by atoms with van der Waals surface area (Å²) in [6, 6.07) is 11.1. The molecule has 4 rings (SSSR count). The molecule has 18 heavy (non-hydrogen) atoms. The first-order valence-electron chi connectivity index (χ1n) is 7.37. The zero-order chi connectivity index (χ0) is 12.1. The molecule has 0 saturated heterocycles. The Balaban J connectivity index is 1.78. The van der Waals surface area contributed by atoms with Gasteiger partial charge in [0.2, 0.25) is 0 Å². The van der Waals surface area contributed by atoms with Crippen molar-refractivity contribution >= 4 is 5.57 Å². The Morgan fingerprint density at radius 1 is 1.00 bits per heavy atom. The van der Waals surface area contributed by atoms with Crippen LogP contribution < -0.4 is 0 Å². The van der Waals surface area contributed by atoms with Crippen LogP contribution in [0.25, 0.3) is 5.57 Å². The van der Waals surface area contributed by atoms with Crippen LogP contribution in [0.2, 0.25) is 0 Å². The molecule has 4 unspecified atom stereocenters. The average Bonchev–Trinajstić information content (AvgIpc) is 2.95. The average molecular weight is 236 g/mol. The molecule has 3 aliphatic rings. The van der Waals surface area contributed by atoms with Gasteiger partial charge < -0.3 is 0 Å². The van der Waals surface area contributed by atoms with Crippen LogP contribution in [0.4, 0.5) is 0 Å². The molecule has 2 bridgehead atoms. The highest BCUT2D eigenvalue weighted by atomic mass is 14.6. The van der Waals surface area contributed by atoms with E-state index in [-0.39, 0.29) is 0 Å². The largest absolute Gasteiger partial charge is 0.0845 e. The maximum absolute atomic E-state index is 2.49. The zero-order valence-corrected chi connectivity index (χ0v) is 11.0. The Morgan fingerprint density at radius 2 is 1.72 bits per heavy atom. The van der Waals surface area contributed by atoms with Gasteiger partial charge in [-0.2, -0.15) is 0 Å². The van der Waals surface area contributed by atoms with Gasteiger partial charge in [-0.05, 0) is 47.6 Å². The maximum Gasteiger partial charge on any atom is -0.00217 e. The third kappa shape index (κ3) is 1.27. The lowest BCUT2D eigenvalue weighted by Gasteiger charge is -2.44. The molecule has 0 heterocycles. The van der Waals surface area contributed by atoms with Crippen molar-refractivity contribution in [1.29, 1.82) is 0 Å². The van der Waals surface area contributed by atoms with E-state index in [9.17, 15) is 0 Å². The smallest absolute Gasteiger partial charge is 0.00217 e. The van der Waals surface area contributed by atoms with Gasteiger partial charge in [0.15, 0.2) is 0 Å². The summed E-state index contributed by atoms with van der Waals surface area (Å²) in [6.07, 6.45) is 8.98. The molecule has 0 amide bonds. The summed E-state index contributed by atoms with van der Waals surface area (Å²) in [5.74, 6) is 3.46. The first-order valence-corrected chi connectivity index (χ1v) is 7.37. The molecule has 1 aromatic rings. The number of fused-ring (bicyclic) bond motifs is 5. The fraction of sp³-hybridized carbons (Fsp3) is 0.444. The molecule has 0 N–H and O–H groups in total. The van der Waals surface area contributed by atoms with E-state index in [1.165, 1.54) is 24.8 Å². The number of benzene rings is 1. The highest BCUT2D eigenvalue weighted by Gasteiger charge is 2.54. The summed E-state index contributed by atoms with van der Waals surface area (Å²) in [5.41, 5.74) is 4.98. The van der Waals surface area contributed by atoms with E-state index in [2.05, 4.69) is 49.4 Å². The van der Waals surface area contributed by atoms with Crippen molar-refractivity contribution in [3.63, 3.8) is 0 Å². The quantitative estimate of drug-likeness (QED) is 0.668. The predicted molar refractivity (Wildman–Crippen MR) is 76.0 cm³/mol. The zero-order valence-electron chi connectivity index (χ0n) is 11.0. The van der Waals surface area contributed by atoms with Crippen LogP contribution in [0.5, 0.6) is 0 Å². The van der Waals surface area contributed by atoms with Crippen LogP contribution in [-0.4, -0.2) is 0 Å². The molecule has 1 aromatic carbocycles. The van der Waals surface area contributed by atoms with Crippen molar-refractivity contribution in [3.05, 3.63) is 53.6 Å². The van der Waals surface area contributed by atoms with Crippen LogP contribution >= 0.6 is 0 Å². The van der Waals surface area contributed by atoms with Gasteiger partial charge in [0, 0.05) is 0 Å². The van der Waals surface area contributed by atoms with Crippen molar-refractivity contribution in [1.82, 2.24) is 0 Å².